The number of hydrogen-bond donors (Lipinski definition) is 1. The van der Waals surface area contributed by atoms with Crippen molar-refractivity contribution in [3.05, 3.63) is 41.5 Å². The van der Waals surface area contributed by atoms with Gasteiger partial charge in [0.25, 0.3) is 0 Å². The number of aryl methyl sites for hydroxylation is 1. The molecule has 1 saturated heterocycles. The Morgan fingerprint density at radius 1 is 1.15 bits per heavy atom. The highest BCUT2D eigenvalue weighted by Crippen LogP contribution is 2.26. The second-order valence-corrected chi connectivity index (χ2v) is 7.06. The van der Waals surface area contributed by atoms with Gasteiger partial charge in [0.1, 0.15) is 17.7 Å². The second-order valence-electron chi connectivity index (χ2n) is 7.06. The smallest absolute Gasteiger partial charge is 0.249 e. The Morgan fingerprint density at radius 3 is 2.38 bits per heavy atom. The normalized spacial score (nSPS) is 16.7. The number of aromatic nitrogens is 3. The summed E-state index contributed by atoms with van der Waals surface area (Å²) in [5.74, 6) is 0.580. The zero-order valence-electron chi connectivity index (χ0n) is 15.6. The fourth-order valence-corrected chi connectivity index (χ4v) is 3.47. The predicted molar refractivity (Wildman–Crippen MR) is 98.3 cm³/mol. The number of nitrogens with zero attached hydrogens (tertiary/aromatic N) is 4. The van der Waals surface area contributed by atoms with E-state index in [0.29, 0.717) is 5.95 Å². The van der Waals surface area contributed by atoms with Crippen LogP contribution in [0.15, 0.2) is 24.3 Å². The fraction of sp³-hybridized carbons (Fsp3) is 0.526. The Balaban J connectivity index is 1.84. The summed E-state index contributed by atoms with van der Waals surface area (Å²) in [4.78, 5) is 19.6. The summed E-state index contributed by atoms with van der Waals surface area (Å²) in [6.07, 6.45) is 3.29. The Hall–Kier alpha value is -2.28. The quantitative estimate of drug-likeness (QED) is 0.888. The van der Waals surface area contributed by atoms with Gasteiger partial charge in [-0.3, -0.25) is 15.0 Å². The molecule has 1 aliphatic heterocycles. The van der Waals surface area contributed by atoms with Gasteiger partial charge in [-0.2, -0.15) is 4.98 Å². The lowest BCUT2D eigenvalue weighted by molar-refractivity contribution is -0.122. The van der Waals surface area contributed by atoms with Crippen molar-refractivity contribution in [3.63, 3.8) is 0 Å². The molecule has 1 atom stereocenters. The average molecular weight is 359 g/mol. The lowest BCUT2D eigenvalue weighted by atomic mass is 10.0. The molecular weight excluding hydrogens is 333 g/mol. The molecule has 7 heteroatoms. The maximum Gasteiger partial charge on any atom is 0.249 e. The largest absolute Gasteiger partial charge is 0.292 e. The summed E-state index contributed by atoms with van der Waals surface area (Å²) in [5.41, 5.74) is 0.783. The van der Waals surface area contributed by atoms with Crippen molar-refractivity contribution in [3.8, 4) is 0 Å². The van der Waals surface area contributed by atoms with Crippen molar-refractivity contribution < 1.29 is 9.18 Å². The van der Waals surface area contributed by atoms with E-state index in [4.69, 9.17) is 0 Å². The van der Waals surface area contributed by atoms with Crippen LogP contribution < -0.4 is 5.32 Å². The minimum absolute atomic E-state index is 0.170. The molecule has 6 nitrogen and oxygen atoms in total. The van der Waals surface area contributed by atoms with Gasteiger partial charge in [0, 0.05) is 6.04 Å². The van der Waals surface area contributed by atoms with Crippen molar-refractivity contribution in [1.82, 2.24) is 19.7 Å². The number of halogens is 1. The first-order chi connectivity index (χ1) is 12.5. The number of hydrogen-bond acceptors (Lipinski definition) is 4. The van der Waals surface area contributed by atoms with E-state index in [0.717, 1.165) is 37.3 Å². The summed E-state index contributed by atoms with van der Waals surface area (Å²) in [5, 5.41) is 7.23. The van der Waals surface area contributed by atoms with E-state index in [9.17, 15) is 9.18 Å². The molecule has 3 rings (SSSR count). The fourth-order valence-electron chi connectivity index (χ4n) is 3.47. The van der Waals surface area contributed by atoms with Gasteiger partial charge in [-0.1, -0.05) is 18.6 Å². The van der Waals surface area contributed by atoms with Gasteiger partial charge in [-0.25, -0.2) is 9.07 Å². The van der Waals surface area contributed by atoms with Crippen LogP contribution in [0, 0.1) is 12.7 Å². The van der Waals surface area contributed by atoms with E-state index in [1.165, 1.54) is 18.6 Å². The first-order valence-corrected chi connectivity index (χ1v) is 9.19. The molecule has 26 heavy (non-hydrogen) atoms. The van der Waals surface area contributed by atoms with E-state index in [1.54, 1.807) is 16.8 Å². The van der Waals surface area contributed by atoms with Crippen LogP contribution in [-0.4, -0.2) is 38.7 Å². The molecule has 1 unspecified atom stereocenters. The monoisotopic (exact) mass is 359 g/mol. The highest BCUT2D eigenvalue weighted by atomic mass is 19.1. The van der Waals surface area contributed by atoms with Crippen molar-refractivity contribution >= 4 is 11.9 Å². The lowest BCUT2D eigenvalue weighted by Crippen LogP contribution is -2.40. The van der Waals surface area contributed by atoms with E-state index in [2.05, 4.69) is 20.3 Å². The summed E-state index contributed by atoms with van der Waals surface area (Å²) in [7, 11) is 0. The number of likely N-dealkylation sites (tertiary alicyclic amines) is 1. The topological polar surface area (TPSA) is 63.1 Å². The number of rotatable bonds is 5. The van der Waals surface area contributed by atoms with Crippen LogP contribution in [0.4, 0.5) is 10.3 Å². The molecule has 1 aromatic carbocycles. The van der Waals surface area contributed by atoms with Crippen LogP contribution in [0.5, 0.6) is 0 Å². The third-order valence-electron chi connectivity index (χ3n) is 4.72. The van der Waals surface area contributed by atoms with E-state index in [1.807, 2.05) is 20.8 Å². The molecule has 1 fully saturated rings. The molecule has 2 aromatic rings. The number of piperidine rings is 1. The maximum absolute atomic E-state index is 13.3. The number of benzene rings is 1. The third kappa shape index (κ3) is 4.09. The lowest BCUT2D eigenvalue weighted by Gasteiger charge is -2.33. The highest BCUT2D eigenvalue weighted by Gasteiger charge is 2.29. The van der Waals surface area contributed by atoms with Gasteiger partial charge in [0.15, 0.2) is 0 Å². The van der Waals surface area contributed by atoms with Crippen molar-refractivity contribution in [2.24, 2.45) is 0 Å². The van der Waals surface area contributed by atoms with Crippen molar-refractivity contribution in [2.45, 2.75) is 52.1 Å². The van der Waals surface area contributed by atoms with Crippen LogP contribution in [0.25, 0.3) is 0 Å². The van der Waals surface area contributed by atoms with Gasteiger partial charge < -0.3 is 0 Å². The number of amides is 1. The molecule has 140 valence electrons. The zero-order valence-corrected chi connectivity index (χ0v) is 15.6. The zero-order chi connectivity index (χ0) is 18.7. The van der Waals surface area contributed by atoms with Gasteiger partial charge in [0.2, 0.25) is 11.9 Å². The molecule has 2 heterocycles. The predicted octanol–water partition coefficient (Wildman–Crippen LogP) is 3.47. The van der Waals surface area contributed by atoms with Crippen molar-refractivity contribution in [1.29, 1.82) is 0 Å². The van der Waals surface area contributed by atoms with Crippen LogP contribution in [0.3, 0.4) is 0 Å². The summed E-state index contributed by atoms with van der Waals surface area (Å²) < 4.78 is 15.1. The number of carbonyl (C=O) groups excluding carboxylic acids is 1. The van der Waals surface area contributed by atoms with Gasteiger partial charge in [-0.05, 0) is 64.4 Å². The summed E-state index contributed by atoms with van der Waals surface area (Å²) in [6, 6.07) is 5.86. The van der Waals surface area contributed by atoms with Crippen LogP contribution in [0.2, 0.25) is 0 Å². The Kier molecular flexibility index (Phi) is 5.66. The third-order valence-corrected chi connectivity index (χ3v) is 4.72. The first-order valence-electron chi connectivity index (χ1n) is 9.19. The van der Waals surface area contributed by atoms with Crippen LogP contribution >= 0.6 is 0 Å². The maximum atomic E-state index is 13.3. The standard InChI is InChI=1S/C19H26FN5O/c1-13(2)25-14(3)21-19(23-25)22-18(26)17(24-11-5-4-6-12-24)15-7-9-16(20)10-8-15/h7-10,13,17H,4-6,11-12H2,1-3H3,(H,22,23,26). The average Bonchev–Trinajstić information content (AvgIpc) is 2.98. The summed E-state index contributed by atoms with van der Waals surface area (Å²) >= 11 is 0. The molecule has 1 aromatic heterocycles. The van der Waals surface area contributed by atoms with Gasteiger partial charge in [0.05, 0.1) is 0 Å². The van der Waals surface area contributed by atoms with E-state index >= 15 is 0 Å². The summed E-state index contributed by atoms with van der Waals surface area (Å²) in [6.45, 7) is 7.60. The number of carbonyl (C=O) groups is 1. The SMILES string of the molecule is Cc1nc(NC(=O)C(c2ccc(F)cc2)N2CCCCC2)nn1C(C)C. The van der Waals surface area contributed by atoms with Crippen LogP contribution in [0.1, 0.15) is 56.6 Å². The van der Waals surface area contributed by atoms with Crippen molar-refractivity contribution in [2.75, 3.05) is 18.4 Å². The van der Waals surface area contributed by atoms with E-state index in [-0.39, 0.29) is 17.8 Å². The first kappa shape index (κ1) is 18.5. The number of nitrogens with one attached hydrogen (secondary N) is 1. The van der Waals surface area contributed by atoms with Crippen LogP contribution in [-0.2, 0) is 4.79 Å². The Labute approximate surface area is 153 Å². The molecule has 0 saturated carbocycles. The Bertz CT molecular complexity index is 750. The molecule has 1 aliphatic rings. The minimum atomic E-state index is -0.470. The molecule has 1 N–H and O–H groups in total. The highest BCUT2D eigenvalue weighted by molar-refractivity contribution is 5.94. The minimum Gasteiger partial charge on any atom is -0.292 e. The molecule has 0 aliphatic carbocycles. The van der Waals surface area contributed by atoms with E-state index < -0.39 is 6.04 Å². The van der Waals surface area contributed by atoms with Gasteiger partial charge >= 0.3 is 0 Å². The Morgan fingerprint density at radius 2 is 1.81 bits per heavy atom. The molecule has 0 spiro atoms. The number of anilines is 1. The second kappa shape index (κ2) is 7.95. The molecule has 1 amide bonds. The molecule has 0 radical (unpaired) electrons. The molecule has 0 bridgehead atoms. The molecular formula is C19H26FN5O. The van der Waals surface area contributed by atoms with Gasteiger partial charge in [-0.15, -0.1) is 5.10 Å².